The number of carbonyl (C=O) groups excluding carboxylic acids is 2. The molecule has 0 radical (unpaired) electrons. The summed E-state index contributed by atoms with van der Waals surface area (Å²) in [5.41, 5.74) is 2.97. The third kappa shape index (κ3) is 9.16. The van der Waals surface area contributed by atoms with Crippen molar-refractivity contribution in [1.29, 1.82) is 0 Å². The van der Waals surface area contributed by atoms with Crippen LogP contribution >= 0.6 is 35.3 Å². The lowest BCUT2D eigenvalue weighted by Gasteiger charge is -2.13. The van der Waals surface area contributed by atoms with Crippen molar-refractivity contribution in [2.45, 2.75) is 37.6 Å². The fraction of sp³-hybridized carbons (Fsp3) is 0.321. The summed E-state index contributed by atoms with van der Waals surface area (Å²) in [5.74, 6) is 1.87. The number of aliphatic hydroxyl groups excluding tert-OH is 1. The molecular weight excluding hydrogens is 644 g/mol. The molecule has 3 heterocycles. The molecule has 1 unspecified atom stereocenters. The lowest BCUT2D eigenvalue weighted by molar-refractivity contribution is -0.124. The van der Waals surface area contributed by atoms with Crippen molar-refractivity contribution >= 4 is 57.7 Å². The van der Waals surface area contributed by atoms with Crippen LogP contribution in [0.3, 0.4) is 0 Å². The number of benzene rings is 2. The third-order valence-electron chi connectivity index (χ3n) is 6.35. The summed E-state index contributed by atoms with van der Waals surface area (Å²) in [6, 6.07) is 11.6. The van der Waals surface area contributed by atoms with Gasteiger partial charge in [0.25, 0.3) is 0 Å². The molecule has 45 heavy (non-hydrogen) atoms. The van der Waals surface area contributed by atoms with Gasteiger partial charge in [0.05, 0.1) is 35.3 Å². The molecule has 5 rings (SSSR count). The van der Waals surface area contributed by atoms with Gasteiger partial charge in [-0.3, -0.25) is 4.79 Å². The number of hydrogen-bond donors (Lipinski definition) is 3. The van der Waals surface area contributed by atoms with E-state index in [-0.39, 0.29) is 32.3 Å². The molecule has 17 heteroatoms. The van der Waals surface area contributed by atoms with Gasteiger partial charge in [-0.2, -0.15) is 11.8 Å². The number of hydrogen-bond acceptors (Lipinski definition) is 12. The van der Waals surface area contributed by atoms with Crippen molar-refractivity contribution in [2.24, 2.45) is 0 Å². The van der Waals surface area contributed by atoms with Crippen molar-refractivity contribution in [3.05, 3.63) is 75.8 Å². The van der Waals surface area contributed by atoms with Crippen LogP contribution in [0.1, 0.15) is 23.0 Å². The Balaban J connectivity index is 1.03. The number of H-pyrrole nitrogens is 1. The molecule has 0 saturated carbocycles. The molecule has 1 amide bonds. The zero-order chi connectivity index (χ0) is 31.6. The number of carbonyl (C=O) groups is 2. The minimum Gasteiger partial charge on any atom is -0.487 e. The maximum Gasteiger partial charge on any atom is 0.242 e. The highest BCUT2D eigenvalue weighted by Crippen LogP contribution is 2.25. The van der Waals surface area contributed by atoms with E-state index in [0.29, 0.717) is 44.6 Å². The van der Waals surface area contributed by atoms with Gasteiger partial charge in [-0.05, 0) is 48.1 Å². The highest BCUT2D eigenvalue weighted by molar-refractivity contribution is 7.98. The molecule has 3 aromatic heterocycles. The van der Waals surface area contributed by atoms with Crippen molar-refractivity contribution in [3.8, 4) is 11.5 Å². The molecule has 0 bridgehead atoms. The van der Waals surface area contributed by atoms with Crippen LogP contribution in [0.2, 0.25) is 0 Å². The molecule has 3 N–H and O–H groups in total. The Hall–Kier alpha value is -4.19. The van der Waals surface area contributed by atoms with Crippen LogP contribution < -0.4 is 14.8 Å². The highest BCUT2D eigenvalue weighted by Gasteiger charge is 2.15. The van der Waals surface area contributed by atoms with Crippen molar-refractivity contribution in [2.75, 3.05) is 19.0 Å². The normalized spacial score (nSPS) is 12.6. The number of fused-ring (bicyclic) bond motifs is 1. The Morgan fingerprint density at radius 3 is 2.69 bits per heavy atom. The van der Waals surface area contributed by atoms with Gasteiger partial charge in [0.1, 0.15) is 61.6 Å². The van der Waals surface area contributed by atoms with Gasteiger partial charge >= 0.3 is 0 Å². The van der Waals surface area contributed by atoms with Gasteiger partial charge in [-0.25, -0.2) is 13.8 Å². The van der Waals surface area contributed by atoms with E-state index < -0.39 is 18.8 Å². The van der Waals surface area contributed by atoms with E-state index in [9.17, 15) is 19.1 Å². The topological polar surface area (TPSA) is 162 Å². The van der Waals surface area contributed by atoms with Crippen LogP contribution in [0, 0.1) is 3.95 Å². The summed E-state index contributed by atoms with van der Waals surface area (Å²) in [4.78, 5) is 27.3. The fourth-order valence-corrected chi connectivity index (χ4v) is 6.21. The number of aromatic nitrogens is 7. The number of aliphatic hydroxyl groups is 1. The lowest BCUT2D eigenvalue weighted by atomic mass is 10.2. The quantitative estimate of drug-likeness (QED) is 0.0981. The van der Waals surface area contributed by atoms with Crippen molar-refractivity contribution < 1.29 is 28.6 Å². The summed E-state index contributed by atoms with van der Waals surface area (Å²) < 4.78 is 28.9. The average Bonchev–Trinajstić information content (AvgIpc) is 3.79. The summed E-state index contributed by atoms with van der Waals surface area (Å²) in [7, 11) is 0. The van der Waals surface area contributed by atoms with Gasteiger partial charge in [0.2, 0.25) is 5.91 Å². The summed E-state index contributed by atoms with van der Waals surface area (Å²) >= 11 is 8.13. The first-order valence-electron chi connectivity index (χ1n) is 13.7. The number of aromatic amines is 1. The fourth-order valence-electron chi connectivity index (χ4n) is 4.12. The molecule has 0 saturated heterocycles. The zero-order valence-corrected chi connectivity index (χ0v) is 26.2. The first-order valence-corrected chi connectivity index (χ1v) is 16.1. The second-order valence-electron chi connectivity index (χ2n) is 9.81. The SMILES string of the molecule is O=C[C@@H](CSCc1cccc(OCc2cn(C(CO)CF)nn2)c1)NC(=O)Cn1cc(COc2ccc3[nH]c(=S)sc3c2)nn1. The molecule has 0 spiro atoms. The average molecular weight is 673 g/mol. The Morgan fingerprint density at radius 2 is 1.91 bits per heavy atom. The van der Waals surface area contributed by atoms with Gasteiger partial charge in [0, 0.05) is 11.5 Å². The molecule has 2 atom stereocenters. The highest BCUT2D eigenvalue weighted by atomic mass is 32.2. The number of amides is 1. The molecule has 0 fully saturated rings. The predicted molar refractivity (Wildman–Crippen MR) is 168 cm³/mol. The number of rotatable bonds is 17. The molecule has 2 aromatic carbocycles. The van der Waals surface area contributed by atoms with E-state index in [0.717, 1.165) is 15.8 Å². The second kappa shape index (κ2) is 15.7. The van der Waals surface area contributed by atoms with E-state index in [1.807, 2.05) is 36.4 Å². The number of thiazole rings is 1. The summed E-state index contributed by atoms with van der Waals surface area (Å²) in [6.45, 7) is -0.919. The van der Waals surface area contributed by atoms with E-state index in [2.05, 4.69) is 30.9 Å². The third-order valence-corrected chi connectivity index (χ3v) is 8.68. The number of thioether (sulfide) groups is 1. The van der Waals surface area contributed by atoms with Crippen LogP contribution in [0.5, 0.6) is 11.5 Å². The molecule has 0 aliphatic carbocycles. The zero-order valence-electron chi connectivity index (χ0n) is 23.7. The van der Waals surface area contributed by atoms with Gasteiger partial charge in [-0.15, -0.1) is 21.5 Å². The van der Waals surface area contributed by atoms with Crippen molar-refractivity contribution in [1.82, 2.24) is 40.3 Å². The lowest BCUT2D eigenvalue weighted by Crippen LogP contribution is -2.39. The molecular formula is C28H29FN8O5S3. The number of aldehydes is 1. The van der Waals surface area contributed by atoms with Gasteiger partial charge < -0.3 is 29.7 Å². The van der Waals surface area contributed by atoms with Crippen LogP contribution in [0.4, 0.5) is 4.39 Å². The summed E-state index contributed by atoms with van der Waals surface area (Å²) in [6.07, 6.45) is 3.87. The Labute approximate surface area is 269 Å². The first kappa shape index (κ1) is 32.2. The van der Waals surface area contributed by atoms with Crippen LogP contribution in [-0.2, 0) is 35.1 Å². The molecule has 236 valence electrons. The number of nitrogens with zero attached hydrogens (tertiary/aromatic N) is 6. The van der Waals surface area contributed by atoms with E-state index >= 15 is 0 Å². The van der Waals surface area contributed by atoms with Gasteiger partial charge in [-0.1, -0.05) is 22.6 Å². The van der Waals surface area contributed by atoms with Crippen LogP contribution in [0.15, 0.2) is 54.9 Å². The first-order chi connectivity index (χ1) is 21.9. The Kier molecular flexibility index (Phi) is 11.2. The monoisotopic (exact) mass is 672 g/mol. The smallest absolute Gasteiger partial charge is 0.242 e. The minimum absolute atomic E-state index is 0.0951. The maximum atomic E-state index is 12.9. The van der Waals surface area contributed by atoms with Gasteiger partial charge in [0.15, 0.2) is 3.95 Å². The molecule has 0 aliphatic rings. The molecule has 5 aromatic rings. The maximum absolute atomic E-state index is 12.9. The molecule has 13 nitrogen and oxygen atoms in total. The van der Waals surface area contributed by atoms with Crippen LogP contribution in [-0.4, -0.2) is 77.3 Å². The summed E-state index contributed by atoms with van der Waals surface area (Å²) in [5, 5.41) is 27.8. The Morgan fingerprint density at radius 1 is 1.13 bits per heavy atom. The number of nitrogens with one attached hydrogen (secondary N) is 2. The van der Waals surface area contributed by atoms with Crippen molar-refractivity contribution in [3.63, 3.8) is 0 Å². The van der Waals surface area contributed by atoms with Crippen LogP contribution in [0.25, 0.3) is 10.2 Å². The number of halogens is 1. The molecule has 0 aliphatic heterocycles. The predicted octanol–water partition coefficient (Wildman–Crippen LogP) is 3.42. The minimum atomic E-state index is -0.772. The van der Waals surface area contributed by atoms with E-state index in [1.54, 1.807) is 12.3 Å². The largest absolute Gasteiger partial charge is 0.487 e. The number of ether oxygens (including phenoxy) is 2. The second-order valence-corrected chi connectivity index (χ2v) is 12.6. The van der Waals surface area contributed by atoms with E-state index in [4.69, 9.17) is 21.7 Å². The Bertz CT molecular complexity index is 1790. The standard InChI is InChI=1S/C28H29FN8O5S3/c29-8-22(13-39)37-10-20(33-35-37)15-41-23-3-1-2-18(6-23)16-44-17-21(12-38)30-27(40)11-36-9-19(32-34-36)14-42-24-4-5-25-26(7-24)45-28(43)31-25/h1-7,9-10,12,21-22,39H,8,11,13-17H2,(H,30,40)(H,31,43)/t21-,22?/m0/s1. The number of alkyl halides is 1. The van der Waals surface area contributed by atoms with E-state index in [1.165, 1.54) is 38.7 Å².